The summed E-state index contributed by atoms with van der Waals surface area (Å²) in [7, 11) is -0.406. The van der Waals surface area contributed by atoms with Crippen molar-refractivity contribution in [3.05, 3.63) is 116 Å². The Kier molecular flexibility index (Phi) is 10.1. The Balaban J connectivity index is 0.000000154. The molecule has 7 rings (SSSR count). The van der Waals surface area contributed by atoms with Crippen LogP contribution in [0.4, 0.5) is 26.3 Å². The van der Waals surface area contributed by atoms with E-state index in [-0.39, 0.29) is 64.8 Å². The molecule has 2 atom stereocenters. The van der Waals surface area contributed by atoms with E-state index in [1.54, 1.807) is 50.2 Å². The first-order valence-electron chi connectivity index (χ1n) is 15.1. The van der Waals surface area contributed by atoms with Crippen LogP contribution in [0.2, 0.25) is 30.5 Å². The maximum atomic E-state index is 13.5. The maximum absolute atomic E-state index is 13.5. The fraction of sp³-hybridized carbons (Fsp3) is 0.273. The van der Waals surface area contributed by atoms with Gasteiger partial charge in [-0.15, -0.1) is 0 Å². The second-order valence-corrected chi connectivity index (χ2v) is 12.8. The van der Waals surface area contributed by atoms with Gasteiger partial charge < -0.3 is 23.9 Å². The lowest BCUT2D eigenvalue weighted by atomic mass is 9.74. The Labute approximate surface area is 290 Å². The van der Waals surface area contributed by atoms with E-state index in [1.165, 1.54) is 36.4 Å². The van der Waals surface area contributed by atoms with Crippen molar-refractivity contribution in [2.75, 3.05) is 0 Å². The molecule has 2 unspecified atom stereocenters. The van der Waals surface area contributed by atoms with Gasteiger partial charge in [0.15, 0.2) is 0 Å². The second kappa shape index (κ2) is 13.3. The topological polar surface area (TPSA) is 68.2 Å². The van der Waals surface area contributed by atoms with Crippen LogP contribution in [-0.2, 0) is 24.9 Å². The van der Waals surface area contributed by atoms with Crippen molar-refractivity contribution in [1.82, 2.24) is 0 Å². The number of aliphatic hydroxyl groups is 2. The van der Waals surface area contributed by atoms with Gasteiger partial charge >= 0.3 is 33.7 Å². The molecule has 0 radical (unpaired) electrons. The minimum Gasteiger partial charge on any atom is -0.453 e. The summed E-state index contributed by atoms with van der Waals surface area (Å²) in [5.41, 5.74) is -4.44. The average Bonchev–Trinajstić information content (AvgIpc) is 3.40. The molecule has 0 aromatic heterocycles. The van der Waals surface area contributed by atoms with Crippen LogP contribution in [0.1, 0.15) is 33.4 Å². The molecule has 5 nitrogen and oxygen atoms in total. The number of hydrogen-bond donors (Lipinski definition) is 2. The molecule has 49 heavy (non-hydrogen) atoms. The fourth-order valence-electron chi connectivity index (χ4n) is 6.44. The van der Waals surface area contributed by atoms with Crippen LogP contribution < -0.4 is 0 Å². The van der Waals surface area contributed by atoms with Gasteiger partial charge in [0.05, 0.1) is 0 Å². The van der Waals surface area contributed by atoms with E-state index in [2.05, 4.69) is 0 Å². The van der Waals surface area contributed by atoms with Gasteiger partial charge in [-0.05, 0) is 68.7 Å². The smallest absolute Gasteiger partial charge is 0.426 e. The molecule has 1 saturated heterocycles. The molecular weight excluding hydrogens is 694 g/mol. The SMILES string of the molecule is CB1OB(C)OB(C)O1.Cc1cc(Cl)c2c(c1)C(O)(C(F)(F)F)c1ccccc1-2.Cc1cc(Cl)c2c(c1)C(O)(C(F)(F)F)c1ccccc1-2. The molecule has 4 aromatic rings. The average molecular weight is 723 g/mol. The minimum absolute atomic E-state index is 0.135. The summed E-state index contributed by atoms with van der Waals surface area (Å²) in [5, 5.41) is 21.2. The molecule has 0 saturated carbocycles. The van der Waals surface area contributed by atoms with Crippen molar-refractivity contribution in [1.29, 1.82) is 0 Å². The third-order valence-electron chi connectivity index (χ3n) is 8.39. The molecule has 0 spiro atoms. The standard InChI is InChI=1S/2C15H10ClF3O.C3H9B3O3/c2*1-8-6-11-13(12(16)7-8)9-4-2-3-5-10(9)14(11,20)15(17,18)19;1-4-7-5(2)9-6(3)8-4/h2*2-7,20H,1H3;1-3H3. The van der Waals surface area contributed by atoms with Crippen LogP contribution in [0, 0.1) is 13.8 Å². The van der Waals surface area contributed by atoms with E-state index >= 15 is 0 Å². The monoisotopic (exact) mass is 722 g/mol. The summed E-state index contributed by atoms with van der Waals surface area (Å²) in [6.07, 6.45) is -9.63. The van der Waals surface area contributed by atoms with Crippen molar-refractivity contribution in [2.45, 2.75) is 57.9 Å². The van der Waals surface area contributed by atoms with Gasteiger partial charge in [-0.1, -0.05) is 83.9 Å². The Morgan fingerprint density at radius 2 is 0.857 bits per heavy atom. The largest absolute Gasteiger partial charge is 0.453 e. The summed E-state index contributed by atoms with van der Waals surface area (Å²) in [6.45, 7) is 8.86. The van der Waals surface area contributed by atoms with Gasteiger partial charge in [-0.2, -0.15) is 26.3 Å². The number of fused-ring (bicyclic) bond motifs is 6. The number of hydrogen-bond acceptors (Lipinski definition) is 5. The molecule has 3 aliphatic rings. The van der Waals surface area contributed by atoms with E-state index in [9.17, 15) is 36.6 Å². The highest BCUT2D eigenvalue weighted by Gasteiger charge is 2.62. The number of alkyl halides is 6. The van der Waals surface area contributed by atoms with Gasteiger partial charge in [0.2, 0.25) is 11.2 Å². The molecule has 1 fully saturated rings. The Morgan fingerprint density at radius 1 is 0.551 bits per heavy atom. The van der Waals surface area contributed by atoms with Gasteiger partial charge in [0.1, 0.15) is 0 Å². The van der Waals surface area contributed by atoms with Crippen LogP contribution in [0.15, 0.2) is 72.8 Å². The molecule has 4 aromatic carbocycles. The quantitative estimate of drug-likeness (QED) is 0.140. The summed E-state index contributed by atoms with van der Waals surface area (Å²) in [6, 6.07) is 17.7. The van der Waals surface area contributed by atoms with E-state index in [1.807, 2.05) is 20.5 Å². The summed E-state index contributed by atoms with van der Waals surface area (Å²) < 4.78 is 96.2. The fourth-order valence-corrected chi connectivity index (χ4v) is 7.19. The number of benzene rings is 4. The number of rotatable bonds is 0. The third-order valence-corrected chi connectivity index (χ3v) is 8.99. The zero-order valence-corrected chi connectivity index (χ0v) is 28.3. The lowest BCUT2D eigenvalue weighted by Crippen LogP contribution is -2.44. The summed E-state index contributed by atoms with van der Waals surface area (Å²) >= 11 is 12.2. The summed E-state index contributed by atoms with van der Waals surface area (Å²) in [4.78, 5) is 0. The van der Waals surface area contributed by atoms with E-state index in [0.29, 0.717) is 22.3 Å². The normalized spacial score (nSPS) is 20.8. The van der Waals surface area contributed by atoms with Gasteiger partial charge in [-0.3, -0.25) is 0 Å². The minimum atomic E-state index is -4.81. The van der Waals surface area contributed by atoms with E-state index < -0.39 is 23.6 Å². The zero-order valence-electron chi connectivity index (χ0n) is 26.8. The molecule has 2 N–H and O–H groups in total. The molecule has 1 heterocycles. The number of halogens is 8. The third kappa shape index (κ3) is 6.53. The summed E-state index contributed by atoms with van der Waals surface area (Å²) in [5.74, 6) is 0. The van der Waals surface area contributed by atoms with Crippen LogP contribution >= 0.6 is 23.2 Å². The highest BCUT2D eigenvalue weighted by atomic mass is 35.5. The van der Waals surface area contributed by atoms with Crippen LogP contribution in [0.3, 0.4) is 0 Å². The molecule has 0 bridgehead atoms. The second-order valence-electron chi connectivity index (χ2n) is 12.0. The predicted octanol–water partition coefficient (Wildman–Crippen LogP) is 9.26. The van der Waals surface area contributed by atoms with E-state index in [0.717, 1.165) is 0 Å². The first-order chi connectivity index (χ1) is 22.7. The van der Waals surface area contributed by atoms with Crippen molar-refractivity contribution in [3.8, 4) is 22.3 Å². The lowest BCUT2D eigenvalue weighted by molar-refractivity contribution is -0.247. The van der Waals surface area contributed by atoms with Crippen LogP contribution in [-0.4, -0.2) is 43.9 Å². The van der Waals surface area contributed by atoms with Crippen molar-refractivity contribution < 1.29 is 50.3 Å². The molecule has 0 amide bonds. The van der Waals surface area contributed by atoms with Gasteiger partial charge in [-0.25, -0.2) is 0 Å². The molecule has 16 heteroatoms. The van der Waals surface area contributed by atoms with Crippen molar-refractivity contribution >= 4 is 44.6 Å². The molecule has 256 valence electrons. The van der Waals surface area contributed by atoms with Crippen molar-refractivity contribution in [2.24, 2.45) is 0 Å². The predicted molar refractivity (Wildman–Crippen MR) is 179 cm³/mol. The maximum Gasteiger partial charge on any atom is 0.426 e. The van der Waals surface area contributed by atoms with Gasteiger partial charge in [0.25, 0.3) is 0 Å². The van der Waals surface area contributed by atoms with Crippen molar-refractivity contribution in [3.63, 3.8) is 0 Å². The Hall–Kier alpha value is -2.97. The Morgan fingerprint density at radius 3 is 1.16 bits per heavy atom. The zero-order chi connectivity index (χ0) is 36.3. The lowest BCUT2D eigenvalue weighted by Gasteiger charge is -2.28. The highest BCUT2D eigenvalue weighted by Crippen LogP contribution is 2.58. The highest BCUT2D eigenvalue weighted by molar-refractivity contribution is 6.72. The molecule has 2 aliphatic carbocycles. The Bertz CT molecular complexity index is 1750. The van der Waals surface area contributed by atoms with Crippen LogP contribution in [0.5, 0.6) is 0 Å². The van der Waals surface area contributed by atoms with Crippen LogP contribution in [0.25, 0.3) is 22.3 Å². The van der Waals surface area contributed by atoms with Gasteiger partial charge in [0, 0.05) is 43.4 Å². The first-order valence-corrected chi connectivity index (χ1v) is 15.8. The molecule has 1 aliphatic heterocycles. The number of aryl methyl sites for hydroxylation is 2. The van der Waals surface area contributed by atoms with E-state index in [4.69, 9.17) is 36.9 Å². The first kappa shape index (κ1) is 37.3. The molecular formula is C33H29B3Cl2F6O5.